The van der Waals surface area contributed by atoms with Gasteiger partial charge in [-0.15, -0.1) is 0 Å². The van der Waals surface area contributed by atoms with Crippen molar-refractivity contribution in [3.05, 3.63) is 52.0 Å². The number of rotatable bonds is 3. The third-order valence-electron chi connectivity index (χ3n) is 3.44. The van der Waals surface area contributed by atoms with E-state index in [1.807, 2.05) is 0 Å². The number of carboxylic acids is 1. The molecule has 112 valence electrons. The van der Waals surface area contributed by atoms with Crippen LogP contribution >= 0.6 is 23.2 Å². The number of carboxylic acid groups (broad SMARTS) is 1. The zero-order valence-electron chi connectivity index (χ0n) is 11.5. The van der Waals surface area contributed by atoms with Gasteiger partial charge in [0.25, 0.3) is 0 Å². The number of halogens is 2. The van der Waals surface area contributed by atoms with Gasteiger partial charge in [-0.05, 0) is 42.8 Å². The van der Waals surface area contributed by atoms with E-state index in [1.165, 1.54) is 0 Å². The quantitative estimate of drug-likeness (QED) is 0.732. The molecule has 4 nitrogen and oxygen atoms in total. The zero-order chi connectivity index (χ0) is 15.9. The highest BCUT2D eigenvalue weighted by Crippen LogP contribution is 2.33. The number of nitrogens with zero attached hydrogens (tertiary/aromatic N) is 1. The highest BCUT2D eigenvalue weighted by molar-refractivity contribution is 6.35. The second-order valence-corrected chi connectivity index (χ2v) is 5.77. The van der Waals surface area contributed by atoms with E-state index in [9.17, 15) is 4.79 Å². The summed E-state index contributed by atoms with van der Waals surface area (Å²) in [6.45, 7) is 1.62. The van der Waals surface area contributed by atoms with Crippen LogP contribution in [0.1, 0.15) is 18.4 Å². The Hall–Kier alpha value is -2.04. The fourth-order valence-electron chi connectivity index (χ4n) is 2.13. The molecule has 0 saturated carbocycles. The van der Waals surface area contributed by atoms with Gasteiger partial charge in [0.15, 0.2) is 5.58 Å². The van der Waals surface area contributed by atoms with Crippen molar-refractivity contribution >= 4 is 40.3 Å². The highest BCUT2D eigenvalue weighted by Gasteiger charge is 2.17. The van der Waals surface area contributed by atoms with Gasteiger partial charge < -0.3 is 9.52 Å². The average molecular weight is 336 g/mol. The van der Waals surface area contributed by atoms with E-state index in [2.05, 4.69) is 4.98 Å². The Morgan fingerprint density at radius 3 is 2.73 bits per heavy atom. The topological polar surface area (TPSA) is 63.3 Å². The first-order valence-electron chi connectivity index (χ1n) is 6.54. The third-order valence-corrected chi connectivity index (χ3v) is 4.01. The molecule has 3 aromatic rings. The van der Waals surface area contributed by atoms with E-state index >= 15 is 0 Å². The van der Waals surface area contributed by atoms with E-state index in [4.69, 9.17) is 32.7 Å². The molecule has 0 saturated heterocycles. The van der Waals surface area contributed by atoms with Crippen LogP contribution in [-0.2, 0) is 4.79 Å². The molecule has 22 heavy (non-hydrogen) atoms. The predicted octanol–water partition coefficient (Wildman–Crippen LogP) is 4.99. The van der Waals surface area contributed by atoms with Crippen LogP contribution in [0.5, 0.6) is 0 Å². The number of fused-ring (bicyclic) bond motifs is 1. The lowest BCUT2D eigenvalue weighted by atomic mass is 10.0. The average Bonchev–Trinajstić information content (AvgIpc) is 2.91. The molecule has 0 spiro atoms. The third kappa shape index (κ3) is 2.67. The van der Waals surface area contributed by atoms with Gasteiger partial charge >= 0.3 is 5.97 Å². The van der Waals surface area contributed by atoms with E-state index in [-0.39, 0.29) is 0 Å². The van der Waals surface area contributed by atoms with Gasteiger partial charge in [0.05, 0.1) is 16.5 Å². The van der Waals surface area contributed by atoms with Crippen molar-refractivity contribution in [1.82, 2.24) is 4.98 Å². The van der Waals surface area contributed by atoms with Gasteiger partial charge in [-0.3, -0.25) is 4.79 Å². The molecule has 2 aromatic carbocycles. The van der Waals surface area contributed by atoms with Crippen molar-refractivity contribution in [3.63, 3.8) is 0 Å². The first kappa shape index (κ1) is 14.9. The maximum absolute atomic E-state index is 11.1. The zero-order valence-corrected chi connectivity index (χ0v) is 13.0. The molecule has 3 rings (SSSR count). The van der Waals surface area contributed by atoms with Crippen LogP contribution in [0.15, 0.2) is 40.8 Å². The minimum atomic E-state index is -0.888. The van der Waals surface area contributed by atoms with Crippen molar-refractivity contribution in [1.29, 1.82) is 0 Å². The standard InChI is InChI=1S/C16H11Cl2NO3/c1-8(16(20)21)9-2-5-14-13(6-9)19-15(22-14)11-7-10(17)3-4-12(11)18/h2-8H,1H3,(H,20,21). The largest absolute Gasteiger partial charge is 0.481 e. The monoisotopic (exact) mass is 335 g/mol. The molecule has 0 bridgehead atoms. The molecule has 1 unspecified atom stereocenters. The van der Waals surface area contributed by atoms with Crippen LogP contribution in [0, 0.1) is 0 Å². The van der Waals surface area contributed by atoms with Crippen molar-refractivity contribution in [2.75, 3.05) is 0 Å². The minimum Gasteiger partial charge on any atom is -0.481 e. The lowest BCUT2D eigenvalue weighted by Crippen LogP contribution is -2.06. The molecule has 1 aromatic heterocycles. The minimum absolute atomic E-state index is 0.350. The fraction of sp³-hybridized carbons (Fsp3) is 0.125. The number of benzene rings is 2. The Labute approximate surface area is 136 Å². The van der Waals surface area contributed by atoms with Crippen molar-refractivity contribution in [3.8, 4) is 11.5 Å². The molecule has 0 fully saturated rings. The number of aromatic nitrogens is 1. The maximum Gasteiger partial charge on any atom is 0.310 e. The van der Waals surface area contributed by atoms with Gasteiger partial charge in [0.1, 0.15) is 5.52 Å². The van der Waals surface area contributed by atoms with Crippen molar-refractivity contribution in [2.45, 2.75) is 12.8 Å². The molecule has 1 N–H and O–H groups in total. The highest BCUT2D eigenvalue weighted by atomic mass is 35.5. The molecule has 6 heteroatoms. The smallest absolute Gasteiger partial charge is 0.310 e. The molecule has 1 atom stereocenters. The molecule has 0 aliphatic carbocycles. The second-order valence-electron chi connectivity index (χ2n) is 4.93. The second kappa shape index (κ2) is 5.63. The summed E-state index contributed by atoms with van der Waals surface area (Å²) < 4.78 is 5.68. The number of hydrogen-bond acceptors (Lipinski definition) is 3. The Morgan fingerprint density at radius 2 is 2.00 bits per heavy atom. The van der Waals surface area contributed by atoms with Crippen LogP contribution in [0.2, 0.25) is 10.0 Å². The Morgan fingerprint density at radius 1 is 1.23 bits per heavy atom. The van der Waals surface area contributed by atoms with E-state index in [0.717, 1.165) is 0 Å². The number of carbonyl (C=O) groups is 1. The van der Waals surface area contributed by atoms with Gasteiger partial charge in [0, 0.05) is 5.02 Å². The molecule has 0 aliphatic rings. The predicted molar refractivity (Wildman–Crippen MR) is 85.5 cm³/mol. The SMILES string of the molecule is CC(C(=O)O)c1ccc2oc(-c3cc(Cl)ccc3Cl)nc2c1. The number of oxazole rings is 1. The first-order valence-corrected chi connectivity index (χ1v) is 7.30. The van der Waals surface area contributed by atoms with Crippen LogP contribution in [0.25, 0.3) is 22.6 Å². The van der Waals surface area contributed by atoms with Gasteiger partial charge in [-0.2, -0.15) is 0 Å². The molecule has 0 amide bonds. The summed E-state index contributed by atoms with van der Waals surface area (Å²) in [6, 6.07) is 10.2. The fourth-order valence-corrected chi connectivity index (χ4v) is 2.50. The summed E-state index contributed by atoms with van der Waals surface area (Å²) in [4.78, 5) is 15.5. The molecule has 0 radical (unpaired) electrons. The lowest BCUT2D eigenvalue weighted by Gasteiger charge is -2.04. The van der Waals surface area contributed by atoms with E-state index < -0.39 is 11.9 Å². The summed E-state index contributed by atoms with van der Waals surface area (Å²) in [5.74, 6) is -1.15. The van der Waals surface area contributed by atoms with Crippen LogP contribution in [0.4, 0.5) is 0 Å². The summed E-state index contributed by atoms with van der Waals surface area (Å²) in [7, 11) is 0. The van der Waals surface area contributed by atoms with Crippen LogP contribution in [0.3, 0.4) is 0 Å². The molecule has 1 heterocycles. The van der Waals surface area contributed by atoms with Crippen LogP contribution in [-0.4, -0.2) is 16.1 Å². The normalized spacial score (nSPS) is 12.5. The Balaban J connectivity index is 2.10. The number of hydrogen-bond donors (Lipinski definition) is 1. The molecular weight excluding hydrogens is 325 g/mol. The summed E-state index contributed by atoms with van der Waals surface area (Å²) >= 11 is 12.1. The van der Waals surface area contributed by atoms with Gasteiger partial charge in [-0.25, -0.2) is 4.98 Å². The summed E-state index contributed by atoms with van der Waals surface area (Å²) in [5, 5.41) is 10.1. The van der Waals surface area contributed by atoms with Crippen molar-refractivity contribution < 1.29 is 14.3 Å². The molecular formula is C16H11Cl2NO3. The van der Waals surface area contributed by atoms with E-state index in [0.29, 0.717) is 38.2 Å². The van der Waals surface area contributed by atoms with Gasteiger partial charge in [0.2, 0.25) is 5.89 Å². The summed E-state index contributed by atoms with van der Waals surface area (Å²) in [5.41, 5.74) is 2.40. The lowest BCUT2D eigenvalue weighted by molar-refractivity contribution is -0.138. The maximum atomic E-state index is 11.1. The van der Waals surface area contributed by atoms with E-state index in [1.54, 1.807) is 43.3 Å². The van der Waals surface area contributed by atoms with Crippen LogP contribution < -0.4 is 0 Å². The van der Waals surface area contributed by atoms with Gasteiger partial charge in [-0.1, -0.05) is 29.3 Å². The molecule has 0 aliphatic heterocycles. The number of aliphatic carboxylic acids is 1. The Bertz CT molecular complexity index is 873. The Kier molecular flexibility index (Phi) is 3.81. The first-order chi connectivity index (χ1) is 10.5. The van der Waals surface area contributed by atoms with Crippen molar-refractivity contribution in [2.24, 2.45) is 0 Å². The summed E-state index contributed by atoms with van der Waals surface area (Å²) in [6.07, 6.45) is 0.